The molecule has 4 rings (SSSR count). The summed E-state index contributed by atoms with van der Waals surface area (Å²) in [6.07, 6.45) is 2.68. The van der Waals surface area contributed by atoms with Crippen LogP contribution in [-0.4, -0.2) is 42.1 Å². The summed E-state index contributed by atoms with van der Waals surface area (Å²) in [5, 5.41) is 0. The van der Waals surface area contributed by atoms with Crippen molar-refractivity contribution < 1.29 is 9.47 Å². The van der Waals surface area contributed by atoms with E-state index in [1.54, 1.807) is 7.11 Å². The number of piperazine rings is 1. The minimum Gasteiger partial charge on any atom is -0.493 e. The Morgan fingerprint density at radius 1 is 1.07 bits per heavy atom. The molecule has 0 spiro atoms. The lowest BCUT2D eigenvalue weighted by atomic mass is 9.91. The maximum Gasteiger partial charge on any atom is 0.161 e. The van der Waals surface area contributed by atoms with Crippen LogP contribution in [0.5, 0.6) is 11.5 Å². The lowest BCUT2D eigenvalue weighted by Crippen LogP contribution is -2.44. The lowest BCUT2D eigenvalue weighted by Gasteiger charge is -2.40. The van der Waals surface area contributed by atoms with Crippen LogP contribution >= 0.6 is 12.8 Å². The SMILES string of the molecule is COc1cc(CN2CCN(S)C(c3ccccc3C(C)C)C2)ccc1OC1CC1. The number of nitrogens with zero attached hydrogens (tertiary/aromatic N) is 2. The first-order chi connectivity index (χ1) is 14.0. The Balaban J connectivity index is 1.49. The number of ether oxygens (including phenoxy) is 2. The average molecular weight is 413 g/mol. The molecule has 1 atom stereocenters. The van der Waals surface area contributed by atoms with E-state index >= 15 is 0 Å². The lowest BCUT2D eigenvalue weighted by molar-refractivity contribution is 0.138. The molecule has 0 bridgehead atoms. The largest absolute Gasteiger partial charge is 0.493 e. The topological polar surface area (TPSA) is 24.9 Å². The second-order valence-electron chi connectivity index (χ2n) is 8.50. The quantitative estimate of drug-likeness (QED) is 0.642. The predicted molar refractivity (Wildman–Crippen MR) is 121 cm³/mol. The second-order valence-corrected chi connectivity index (χ2v) is 9.01. The van der Waals surface area contributed by atoms with Crippen molar-refractivity contribution in [1.82, 2.24) is 9.21 Å². The van der Waals surface area contributed by atoms with E-state index in [-0.39, 0.29) is 0 Å². The Hall–Kier alpha value is -1.69. The van der Waals surface area contributed by atoms with Crippen molar-refractivity contribution in [3.8, 4) is 11.5 Å². The molecule has 0 radical (unpaired) electrons. The summed E-state index contributed by atoms with van der Waals surface area (Å²) in [4.78, 5) is 2.52. The molecule has 2 aliphatic rings. The Bertz CT molecular complexity index is 837. The van der Waals surface area contributed by atoms with Gasteiger partial charge in [-0.05, 0) is 47.6 Å². The van der Waals surface area contributed by atoms with Gasteiger partial charge in [0.05, 0.1) is 19.3 Å². The number of benzene rings is 2. The molecule has 1 heterocycles. The van der Waals surface area contributed by atoms with Gasteiger partial charge in [-0.25, -0.2) is 4.31 Å². The Morgan fingerprint density at radius 3 is 2.59 bits per heavy atom. The van der Waals surface area contributed by atoms with Crippen LogP contribution in [0.25, 0.3) is 0 Å². The molecule has 1 aliphatic heterocycles. The van der Waals surface area contributed by atoms with Crippen molar-refractivity contribution in [2.24, 2.45) is 0 Å². The molecule has 1 saturated heterocycles. The van der Waals surface area contributed by atoms with Crippen LogP contribution < -0.4 is 9.47 Å². The molecular weight excluding hydrogens is 380 g/mol. The van der Waals surface area contributed by atoms with Crippen LogP contribution in [0.4, 0.5) is 0 Å². The average Bonchev–Trinajstić information content (AvgIpc) is 3.54. The van der Waals surface area contributed by atoms with Gasteiger partial charge in [0.25, 0.3) is 0 Å². The summed E-state index contributed by atoms with van der Waals surface area (Å²) in [5.74, 6) is 2.21. The summed E-state index contributed by atoms with van der Waals surface area (Å²) in [6, 6.07) is 15.5. The molecule has 1 aliphatic carbocycles. The van der Waals surface area contributed by atoms with E-state index in [2.05, 4.69) is 65.5 Å². The van der Waals surface area contributed by atoms with Gasteiger partial charge in [0.1, 0.15) is 0 Å². The molecule has 156 valence electrons. The van der Waals surface area contributed by atoms with Crippen molar-refractivity contribution in [2.75, 3.05) is 26.7 Å². The van der Waals surface area contributed by atoms with E-state index in [0.29, 0.717) is 18.1 Å². The molecule has 1 saturated carbocycles. The first-order valence-electron chi connectivity index (χ1n) is 10.7. The molecule has 29 heavy (non-hydrogen) atoms. The molecule has 0 aromatic heterocycles. The zero-order valence-electron chi connectivity index (χ0n) is 17.7. The van der Waals surface area contributed by atoms with Gasteiger partial charge in [0.2, 0.25) is 0 Å². The first kappa shape index (κ1) is 20.6. The van der Waals surface area contributed by atoms with Crippen LogP contribution in [0, 0.1) is 0 Å². The normalized spacial score (nSPS) is 20.8. The van der Waals surface area contributed by atoms with Gasteiger partial charge in [-0.2, -0.15) is 0 Å². The zero-order valence-corrected chi connectivity index (χ0v) is 18.6. The number of thiol groups is 1. The number of methoxy groups -OCH3 is 1. The fourth-order valence-corrected chi connectivity index (χ4v) is 4.39. The molecule has 5 heteroatoms. The molecule has 2 aromatic carbocycles. The fourth-order valence-electron chi connectivity index (χ4n) is 4.10. The summed E-state index contributed by atoms with van der Waals surface area (Å²) >= 11 is 4.80. The standard InChI is InChI=1S/C24H32N2O2S/c1-17(2)20-6-4-5-7-21(20)22-16-25(12-13-26(22)29)15-18-8-11-23(24(14-18)27-3)28-19-9-10-19/h4-8,11,14,17,19,22,29H,9-10,12-13,15-16H2,1-3H3. The third kappa shape index (κ3) is 4.90. The van der Waals surface area contributed by atoms with Crippen LogP contribution in [0.1, 0.15) is 55.3 Å². The van der Waals surface area contributed by atoms with E-state index < -0.39 is 0 Å². The van der Waals surface area contributed by atoms with Crippen molar-refractivity contribution in [3.63, 3.8) is 0 Å². The molecule has 1 unspecified atom stereocenters. The van der Waals surface area contributed by atoms with E-state index in [1.165, 1.54) is 16.7 Å². The highest BCUT2D eigenvalue weighted by Crippen LogP contribution is 2.36. The van der Waals surface area contributed by atoms with Crippen molar-refractivity contribution >= 4 is 12.8 Å². The van der Waals surface area contributed by atoms with Crippen LogP contribution in [0.3, 0.4) is 0 Å². The zero-order chi connectivity index (χ0) is 20.4. The van der Waals surface area contributed by atoms with Gasteiger partial charge < -0.3 is 9.47 Å². The molecule has 4 nitrogen and oxygen atoms in total. The van der Waals surface area contributed by atoms with Gasteiger partial charge in [-0.1, -0.05) is 57.0 Å². The van der Waals surface area contributed by atoms with Gasteiger partial charge in [-0.3, -0.25) is 4.90 Å². The molecule has 2 fully saturated rings. The maximum atomic E-state index is 5.96. The summed E-state index contributed by atoms with van der Waals surface area (Å²) in [6.45, 7) is 8.35. The number of hydrogen-bond donors (Lipinski definition) is 1. The highest BCUT2D eigenvalue weighted by atomic mass is 32.1. The fraction of sp³-hybridized carbons (Fsp3) is 0.500. The molecule has 0 amide bonds. The Labute approximate surface area is 180 Å². The molecular formula is C24H32N2O2S. The van der Waals surface area contributed by atoms with Crippen molar-refractivity contribution in [1.29, 1.82) is 0 Å². The van der Waals surface area contributed by atoms with E-state index in [9.17, 15) is 0 Å². The minimum atomic E-state index is 0.296. The molecule has 2 aromatic rings. The van der Waals surface area contributed by atoms with Gasteiger partial charge in [-0.15, -0.1) is 0 Å². The summed E-state index contributed by atoms with van der Waals surface area (Å²) in [5.41, 5.74) is 4.07. The van der Waals surface area contributed by atoms with E-state index in [4.69, 9.17) is 22.3 Å². The smallest absolute Gasteiger partial charge is 0.161 e. The van der Waals surface area contributed by atoms with Gasteiger partial charge >= 0.3 is 0 Å². The Kier molecular flexibility index (Phi) is 6.38. The van der Waals surface area contributed by atoms with Crippen molar-refractivity contribution in [3.05, 3.63) is 59.2 Å². The van der Waals surface area contributed by atoms with E-state index in [1.807, 2.05) is 0 Å². The monoisotopic (exact) mass is 412 g/mol. The van der Waals surface area contributed by atoms with Gasteiger partial charge in [0, 0.05) is 26.2 Å². The summed E-state index contributed by atoms with van der Waals surface area (Å²) in [7, 11) is 1.72. The predicted octanol–water partition coefficient (Wildman–Crippen LogP) is 5.06. The third-order valence-corrected chi connectivity index (χ3v) is 6.34. The highest BCUT2D eigenvalue weighted by Gasteiger charge is 2.29. The summed E-state index contributed by atoms with van der Waals surface area (Å²) < 4.78 is 13.8. The van der Waals surface area contributed by atoms with Crippen molar-refractivity contribution in [2.45, 2.75) is 51.3 Å². The number of hydrogen-bond acceptors (Lipinski definition) is 5. The third-order valence-electron chi connectivity index (χ3n) is 5.87. The van der Waals surface area contributed by atoms with E-state index in [0.717, 1.165) is 50.5 Å². The van der Waals surface area contributed by atoms with Crippen LogP contribution in [0.15, 0.2) is 42.5 Å². The van der Waals surface area contributed by atoms with Crippen LogP contribution in [-0.2, 0) is 6.54 Å². The number of rotatable bonds is 7. The second kappa shape index (κ2) is 8.99. The first-order valence-corrected chi connectivity index (χ1v) is 11.1. The highest BCUT2D eigenvalue weighted by molar-refractivity contribution is 7.77. The molecule has 0 N–H and O–H groups in total. The van der Waals surface area contributed by atoms with Gasteiger partial charge in [0.15, 0.2) is 11.5 Å². The Morgan fingerprint density at radius 2 is 1.86 bits per heavy atom. The minimum absolute atomic E-state index is 0.296. The van der Waals surface area contributed by atoms with Crippen LogP contribution in [0.2, 0.25) is 0 Å². The maximum absolute atomic E-state index is 5.96.